The standard InChI is InChI=1S/C28H24N4O3/c1-17-4-10-23(11-5-17)30-26(33)16-35-28(34)21-8-6-20(7-9-21)14-22(15-29)27-31-24-12-18(2)19(3)13-25(24)32-27/h4-14H,16H2,1-3H3,(H,30,33)(H,31,32)/b22-14-. The van der Waals surface area contributed by atoms with Crippen molar-refractivity contribution in [3.8, 4) is 6.07 Å². The molecule has 0 atom stereocenters. The molecule has 0 spiro atoms. The Labute approximate surface area is 203 Å². The molecule has 0 saturated heterocycles. The molecule has 2 N–H and O–H groups in total. The third-order valence-corrected chi connectivity index (χ3v) is 5.60. The zero-order valence-electron chi connectivity index (χ0n) is 19.7. The van der Waals surface area contributed by atoms with E-state index in [0.717, 1.165) is 33.3 Å². The van der Waals surface area contributed by atoms with Gasteiger partial charge in [0, 0.05) is 5.69 Å². The number of nitriles is 1. The van der Waals surface area contributed by atoms with Crippen LogP contribution in [0.15, 0.2) is 60.7 Å². The molecule has 4 rings (SSSR count). The number of esters is 1. The minimum Gasteiger partial charge on any atom is -0.452 e. The number of H-pyrrole nitrogens is 1. The number of nitrogens with zero attached hydrogens (tertiary/aromatic N) is 2. The van der Waals surface area contributed by atoms with E-state index in [1.807, 2.05) is 45.0 Å². The molecular weight excluding hydrogens is 440 g/mol. The summed E-state index contributed by atoms with van der Waals surface area (Å²) >= 11 is 0. The number of benzene rings is 3. The lowest BCUT2D eigenvalue weighted by molar-refractivity contribution is -0.119. The van der Waals surface area contributed by atoms with Crippen molar-refractivity contribution in [2.24, 2.45) is 0 Å². The van der Waals surface area contributed by atoms with Crippen molar-refractivity contribution in [1.82, 2.24) is 9.97 Å². The number of hydrogen-bond donors (Lipinski definition) is 2. The van der Waals surface area contributed by atoms with Gasteiger partial charge in [0.25, 0.3) is 5.91 Å². The number of ether oxygens (including phenoxy) is 1. The molecule has 0 unspecified atom stereocenters. The summed E-state index contributed by atoms with van der Waals surface area (Å²) < 4.78 is 5.12. The van der Waals surface area contributed by atoms with Gasteiger partial charge in [-0.05, 0) is 79.9 Å². The van der Waals surface area contributed by atoms with Crippen LogP contribution in [0, 0.1) is 32.1 Å². The van der Waals surface area contributed by atoms with Crippen molar-refractivity contribution in [1.29, 1.82) is 5.26 Å². The summed E-state index contributed by atoms with van der Waals surface area (Å²) in [6.45, 7) is 5.61. The summed E-state index contributed by atoms with van der Waals surface area (Å²) in [4.78, 5) is 32.1. The average molecular weight is 465 g/mol. The minimum absolute atomic E-state index is 0.304. The topological polar surface area (TPSA) is 108 Å². The number of rotatable bonds is 6. The average Bonchev–Trinajstić information content (AvgIpc) is 3.25. The first-order chi connectivity index (χ1) is 16.8. The van der Waals surface area contributed by atoms with E-state index in [9.17, 15) is 14.9 Å². The number of nitrogens with one attached hydrogen (secondary N) is 2. The van der Waals surface area contributed by atoms with E-state index in [2.05, 4.69) is 21.4 Å². The Morgan fingerprint density at radius 2 is 1.71 bits per heavy atom. The van der Waals surface area contributed by atoms with Crippen LogP contribution in [0.5, 0.6) is 0 Å². The fourth-order valence-electron chi connectivity index (χ4n) is 3.48. The summed E-state index contributed by atoms with van der Waals surface area (Å²) in [7, 11) is 0. The van der Waals surface area contributed by atoms with Gasteiger partial charge in [-0.3, -0.25) is 4.79 Å². The Kier molecular flexibility index (Phi) is 6.74. The highest BCUT2D eigenvalue weighted by Crippen LogP contribution is 2.22. The molecule has 0 aliphatic carbocycles. The van der Waals surface area contributed by atoms with Crippen LogP contribution >= 0.6 is 0 Å². The third kappa shape index (κ3) is 5.63. The van der Waals surface area contributed by atoms with Crippen LogP contribution in [0.3, 0.4) is 0 Å². The van der Waals surface area contributed by atoms with Crippen LogP contribution in [-0.2, 0) is 9.53 Å². The highest BCUT2D eigenvalue weighted by atomic mass is 16.5. The molecule has 0 saturated carbocycles. The number of fused-ring (bicyclic) bond motifs is 1. The van der Waals surface area contributed by atoms with Crippen molar-refractivity contribution in [2.75, 3.05) is 11.9 Å². The number of imidazole rings is 1. The number of hydrogen-bond acceptors (Lipinski definition) is 5. The van der Waals surface area contributed by atoms with Gasteiger partial charge in [-0.2, -0.15) is 5.26 Å². The Hall–Kier alpha value is -4.70. The summed E-state index contributed by atoms with van der Waals surface area (Å²) in [6.07, 6.45) is 1.70. The van der Waals surface area contributed by atoms with Gasteiger partial charge in [-0.1, -0.05) is 29.8 Å². The Morgan fingerprint density at radius 1 is 1.03 bits per heavy atom. The van der Waals surface area contributed by atoms with E-state index < -0.39 is 18.5 Å². The second-order valence-corrected chi connectivity index (χ2v) is 8.32. The minimum atomic E-state index is -0.608. The lowest BCUT2D eigenvalue weighted by atomic mass is 10.1. The molecule has 4 aromatic rings. The van der Waals surface area contributed by atoms with E-state index in [4.69, 9.17) is 4.74 Å². The fourth-order valence-corrected chi connectivity index (χ4v) is 3.48. The van der Waals surface area contributed by atoms with Crippen LogP contribution in [0.2, 0.25) is 0 Å². The summed E-state index contributed by atoms with van der Waals surface area (Å²) in [5.74, 6) is -0.546. The maximum absolute atomic E-state index is 12.3. The van der Waals surface area contributed by atoms with Gasteiger partial charge in [0.05, 0.1) is 22.2 Å². The smallest absolute Gasteiger partial charge is 0.338 e. The van der Waals surface area contributed by atoms with E-state index in [0.29, 0.717) is 22.6 Å². The number of anilines is 1. The molecule has 0 fully saturated rings. The first-order valence-electron chi connectivity index (χ1n) is 11.1. The predicted octanol–water partition coefficient (Wildman–Crippen LogP) is 5.35. The zero-order valence-corrected chi connectivity index (χ0v) is 19.7. The highest BCUT2D eigenvalue weighted by molar-refractivity contribution is 5.96. The molecule has 0 aliphatic heterocycles. The summed E-state index contributed by atoms with van der Waals surface area (Å²) in [5.41, 5.74) is 7.07. The predicted molar refractivity (Wildman–Crippen MR) is 136 cm³/mol. The van der Waals surface area contributed by atoms with E-state index in [-0.39, 0.29) is 0 Å². The molecule has 35 heavy (non-hydrogen) atoms. The number of aromatic nitrogens is 2. The number of amides is 1. The van der Waals surface area contributed by atoms with Gasteiger partial charge in [-0.15, -0.1) is 0 Å². The maximum Gasteiger partial charge on any atom is 0.338 e. The van der Waals surface area contributed by atoms with Crippen molar-refractivity contribution >= 4 is 40.2 Å². The monoisotopic (exact) mass is 464 g/mol. The van der Waals surface area contributed by atoms with Gasteiger partial charge in [-0.25, -0.2) is 9.78 Å². The second kappa shape index (κ2) is 10.1. The Morgan fingerprint density at radius 3 is 2.40 bits per heavy atom. The largest absolute Gasteiger partial charge is 0.452 e. The van der Waals surface area contributed by atoms with Crippen LogP contribution in [0.1, 0.15) is 38.4 Å². The van der Waals surface area contributed by atoms with Gasteiger partial charge < -0.3 is 15.0 Å². The number of aromatic amines is 1. The molecule has 0 aliphatic rings. The molecule has 1 aromatic heterocycles. The Balaban J connectivity index is 1.41. The normalized spacial score (nSPS) is 11.2. The van der Waals surface area contributed by atoms with Crippen LogP contribution in [0.4, 0.5) is 5.69 Å². The van der Waals surface area contributed by atoms with Crippen molar-refractivity contribution in [2.45, 2.75) is 20.8 Å². The van der Waals surface area contributed by atoms with Gasteiger partial charge in [0.2, 0.25) is 0 Å². The summed E-state index contributed by atoms with van der Waals surface area (Å²) in [5, 5.41) is 12.3. The maximum atomic E-state index is 12.3. The van der Waals surface area contributed by atoms with Crippen LogP contribution in [0.25, 0.3) is 22.7 Å². The molecule has 3 aromatic carbocycles. The van der Waals surface area contributed by atoms with Crippen molar-refractivity contribution < 1.29 is 14.3 Å². The SMILES string of the molecule is Cc1ccc(NC(=O)COC(=O)c2ccc(/C=C(/C#N)c3nc4cc(C)c(C)cc4[nH]3)cc2)cc1. The molecular formula is C28H24N4O3. The number of allylic oxidation sites excluding steroid dienone is 1. The highest BCUT2D eigenvalue weighted by Gasteiger charge is 2.12. The van der Waals surface area contributed by atoms with E-state index in [1.54, 1.807) is 42.5 Å². The van der Waals surface area contributed by atoms with Crippen molar-refractivity contribution in [3.63, 3.8) is 0 Å². The first-order valence-corrected chi connectivity index (χ1v) is 11.1. The van der Waals surface area contributed by atoms with Crippen molar-refractivity contribution in [3.05, 3.63) is 94.3 Å². The number of carbonyl (C=O) groups is 2. The summed E-state index contributed by atoms with van der Waals surface area (Å²) in [6, 6.07) is 20.1. The molecule has 1 amide bonds. The first kappa shape index (κ1) is 23.5. The van der Waals surface area contributed by atoms with E-state index in [1.165, 1.54) is 0 Å². The fraction of sp³-hybridized carbons (Fsp3) is 0.143. The molecule has 7 nitrogen and oxygen atoms in total. The lowest BCUT2D eigenvalue weighted by Crippen LogP contribution is -2.20. The lowest BCUT2D eigenvalue weighted by Gasteiger charge is -2.07. The van der Waals surface area contributed by atoms with Gasteiger partial charge in [0.15, 0.2) is 6.61 Å². The third-order valence-electron chi connectivity index (χ3n) is 5.60. The number of aryl methyl sites for hydroxylation is 3. The molecule has 0 radical (unpaired) electrons. The van der Waals surface area contributed by atoms with Crippen LogP contribution < -0.4 is 5.32 Å². The molecule has 174 valence electrons. The Bertz CT molecular complexity index is 1430. The molecule has 0 bridgehead atoms. The zero-order chi connectivity index (χ0) is 24.9. The molecule has 1 heterocycles. The quantitative estimate of drug-likeness (QED) is 0.295. The second-order valence-electron chi connectivity index (χ2n) is 8.32. The molecule has 7 heteroatoms. The van der Waals surface area contributed by atoms with E-state index >= 15 is 0 Å². The van der Waals surface area contributed by atoms with Gasteiger partial charge >= 0.3 is 5.97 Å². The van der Waals surface area contributed by atoms with Crippen LogP contribution in [-0.4, -0.2) is 28.5 Å². The van der Waals surface area contributed by atoms with Gasteiger partial charge in [0.1, 0.15) is 11.9 Å². The number of carbonyl (C=O) groups excluding carboxylic acids is 2.